The molecule has 9 heteroatoms. The Balaban J connectivity index is 1.15. The number of aryl methyl sites for hydroxylation is 2. The van der Waals surface area contributed by atoms with Gasteiger partial charge in [-0.2, -0.15) is 0 Å². The average molecular weight is 528 g/mol. The Kier molecular flexibility index (Phi) is 7.41. The molecule has 0 atom stereocenters. The van der Waals surface area contributed by atoms with Gasteiger partial charge in [0.25, 0.3) is 0 Å². The third-order valence-corrected chi connectivity index (χ3v) is 9.45. The minimum atomic E-state index is -3.57. The first kappa shape index (κ1) is 24.9. The molecule has 0 amide bonds. The van der Waals surface area contributed by atoms with E-state index in [1.165, 1.54) is 29.3 Å². The number of halogens is 1. The van der Waals surface area contributed by atoms with E-state index in [1.54, 1.807) is 29.5 Å². The van der Waals surface area contributed by atoms with E-state index >= 15 is 0 Å². The highest BCUT2D eigenvalue weighted by Crippen LogP contribution is 2.38. The van der Waals surface area contributed by atoms with Crippen LogP contribution in [0, 0.1) is 11.7 Å². The fourth-order valence-corrected chi connectivity index (χ4v) is 7.22. The van der Waals surface area contributed by atoms with Crippen molar-refractivity contribution in [2.24, 2.45) is 5.92 Å². The summed E-state index contributed by atoms with van der Waals surface area (Å²) in [6.45, 7) is 3.92. The van der Waals surface area contributed by atoms with Crippen LogP contribution in [-0.2, 0) is 22.9 Å². The molecular formula is C27H30FN3O3S2. The molecule has 0 saturated heterocycles. The third kappa shape index (κ3) is 5.63. The van der Waals surface area contributed by atoms with Crippen LogP contribution < -0.4 is 14.8 Å². The average Bonchev–Trinajstić information content (AvgIpc) is 3.19. The molecule has 0 radical (unpaired) electrons. The molecule has 1 fully saturated rings. The number of ether oxygens (including phenoxy) is 1. The zero-order chi connectivity index (χ0) is 25.1. The molecule has 0 spiro atoms. The van der Waals surface area contributed by atoms with Gasteiger partial charge in [-0.05, 0) is 92.8 Å². The highest BCUT2D eigenvalue weighted by atomic mass is 32.2. The number of sulfonamides is 1. The van der Waals surface area contributed by atoms with E-state index < -0.39 is 10.0 Å². The molecule has 2 aromatic carbocycles. The number of rotatable bonds is 8. The molecule has 3 aromatic rings. The molecule has 6 nitrogen and oxygen atoms in total. The molecule has 0 bridgehead atoms. The van der Waals surface area contributed by atoms with Gasteiger partial charge in [0, 0.05) is 23.0 Å². The van der Waals surface area contributed by atoms with Crippen LogP contribution in [0.4, 0.5) is 9.52 Å². The molecular weight excluding hydrogens is 497 g/mol. The van der Waals surface area contributed by atoms with E-state index in [-0.39, 0.29) is 10.7 Å². The van der Waals surface area contributed by atoms with Gasteiger partial charge < -0.3 is 10.1 Å². The summed E-state index contributed by atoms with van der Waals surface area (Å²) in [6, 6.07) is 11.6. The molecule has 0 unspecified atom stereocenters. The van der Waals surface area contributed by atoms with Crippen LogP contribution in [-0.4, -0.2) is 26.0 Å². The smallest absolute Gasteiger partial charge is 0.240 e. The van der Waals surface area contributed by atoms with Crippen LogP contribution in [0.15, 0.2) is 60.2 Å². The number of anilines is 1. The van der Waals surface area contributed by atoms with Gasteiger partial charge in [0.05, 0.1) is 16.9 Å². The number of thiazole rings is 1. The minimum absolute atomic E-state index is 0.222. The van der Waals surface area contributed by atoms with E-state index in [9.17, 15) is 12.8 Å². The molecule has 2 N–H and O–H groups in total. The van der Waals surface area contributed by atoms with Crippen molar-refractivity contribution in [3.8, 4) is 17.0 Å². The maximum atomic E-state index is 13.9. The molecule has 1 saturated carbocycles. The van der Waals surface area contributed by atoms with Crippen molar-refractivity contribution in [1.29, 1.82) is 0 Å². The highest BCUT2D eigenvalue weighted by Gasteiger charge is 2.25. The van der Waals surface area contributed by atoms with E-state index in [1.807, 2.05) is 6.07 Å². The van der Waals surface area contributed by atoms with E-state index in [0.717, 1.165) is 66.9 Å². The summed E-state index contributed by atoms with van der Waals surface area (Å²) in [5.41, 5.74) is 3.00. The summed E-state index contributed by atoms with van der Waals surface area (Å²) in [5.74, 6) is 0.614. The van der Waals surface area contributed by atoms with Crippen LogP contribution in [0.5, 0.6) is 5.75 Å². The molecule has 1 aromatic heterocycles. The number of nitrogens with one attached hydrogen (secondary N) is 2. The van der Waals surface area contributed by atoms with E-state index in [0.29, 0.717) is 24.3 Å². The van der Waals surface area contributed by atoms with Crippen molar-refractivity contribution in [1.82, 2.24) is 9.71 Å². The largest absolute Gasteiger partial charge is 0.466 e. The first-order valence-electron chi connectivity index (χ1n) is 12.3. The minimum Gasteiger partial charge on any atom is -0.466 e. The van der Waals surface area contributed by atoms with Gasteiger partial charge in [-0.25, -0.2) is 22.5 Å². The van der Waals surface area contributed by atoms with Crippen molar-refractivity contribution < 1.29 is 17.5 Å². The van der Waals surface area contributed by atoms with Crippen LogP contribution in [0.2, 0.25) is 0 Å². The predicted octanol–water partition coefficient (Wildman–Crippen LogP) is 5.91. The molecule has 5 rings (SSSR count). The van der Waals surface area contributed by atoms with Crippen LogP contribution in [0.3, 0.4) is 0 Å². The lowest BCUT2D eigenvalue weighted by Gasteiger charge is -2.29. The highest BCUT2D eigenvalue weighted by molar-refractivity contribution is 7.89. The van der Waals surface area contributed by atoms with Gasteiger partial charge in [-0.15, -0.1) is 11.3 Å². The second kappa shape index (κ2) is 10.7. The monoisotopic (exact) mass is 527 g/mol. The lowest BCUT2D eigenvalue weighted by Crippen LogP contribution is -2.34. The van der Waals surface area contributed by atoms with Gasteiger partial charge in [-0.1, -0.05) is 12.6 Å². The SMILES string of the molecule is C=COc1ccc(S(=O)(=O)NCC2CCC(Nc3nc4c(s3)CCCc3ccc(F)cc3-4)CC2)cc1. The Labute approximate surface area is 215 Å². The van der Waals surface area contributed by atoms with Gasteiger partial charge in [0.2, 0.25) is 10.0 Å². The Morgan fingerprint density at radius 3 is 2.64 bits per heavy atom. The fourth-order valence-electron chi connectivity index (χ4n) is 5.01. The van der Waals surface area contributed by atoms with Gasteiger partial charge in [0.1, 0.15) is 11.6 Å². The van der Waals surface area contributed by atoms with Gasteiger partial charge >= 0.3 is 0 Å². The zero-order valence-corrected chi connectivity index (χ0v) is 21.6. The summed E-state index contributed by atoms with van der Waals surface area (Å²) < 4.78 is 47.2. The van der Waals surface area contributed by atoms with Crippen molar-refractivity contribution >= 4 is 26.5 Å². The summed E-state index contributed by atoms with van der Waals surface area (Å²) in [5, 5.41) is 4.49. The summed E-state index contributed by atoms with van der Waals surface area (Å²) >= 11 is 1.68. The molecule has 2 aliphatic carbocycles. The number of benzene rings is 2. The van der Waals surface area contributed by atoms with E-state index in [2.05, 4.69) is 16.6 Å². The molecule has 0 aliphatic heterocycles. The summed E-state index contributed by atoms with van der Waals surface area (Å²) in [4.78, 5) is 6.30. The van der Waals surface area contributed by atoms with Crippen molar-refractivity contribution in [3.63, 3.8) is 0 Å². The van der Waals surface area contributed by atoms with Gasteiger partial charge in [-0.3, -0.25) is 0 Å². The standard InChI is InChI=1S/C27H30FN3O3S2/c1-2-34-22-12-14-23(15-13-22)36(32,33)29-17-18-6-10-21(11-7-18)30-27-31-26-24-16-20(28)9-8-19(24)4-3-5-25(26)35-27/h2,8-9,12-16,18,21,29H,1,3-7,10-11,17H2,(H,30,31). The summed E-state index contributed by atoms with van der Waals surface area (Å²) in [6.07, 6.45) is 8.03. The Bertz CT molecular complexity index is 1330. The quantitative estimate of drug-likeness (QED) is 0.356. The number of fused-ring (bicyclic) bond motifs is 3. The second-order valence-corrected chi connectivity index (χ2v) is 12.3. The Morgan fingerprint density at radius 2 is 1.89 bits per heavy atom. The third-order valence-electron chi connectivity index (χ3n) is 6.96. The van der Waals surface area contributed by atoms with Crippen LogP contribution in [0.1, 0.15) is 42.5 Å². The van der Waals surface area contributed by atoms with Crippen molar-refractivity contribution in [2.45, 2.75) is 55.9 Å². The van der Waals surface area contributed by atoms with Crippen molar-refractivity contribution in [2.75, 3.05) is 11.9 Å². The van der Waals surface area contributed by atoms with Crippen molar-refractivity contribution in [3.05, 3.63) is 71.6 Å². The lowest BCUT2D eigenvalue weighted by molar-refractivity contribution is 0.337. The predicted molar refractivity (Wildman–Crippen MR) is 141 cm³/mol. The van der Waals surface area contributed by atoms with E-state index in [4.69, 9.17) is 9.72 Å². The number of nitrogens with zero attached hydrogens (tertiary/aromatic N) is 1. The Hall–Kier alpha value is -2.75. The zero-order valence-electron chi connectivity index (χ0n) is 20.0. The maximum Gasteiger partial charge on any atom is 0.240 e. The van der Waals surface area contributed by atoms with Crippen LogP contribution >= 0.6 is 11.3 Å². The summed E-state index contributed by atoms with van der Waals surface area (Å²) in [7, 11) is -3.57. The molecule has 2 aliphatic rings. The number of aromatic nitrogens is 1. The van der Waals surface area contributed by atoms with Crippen LogP contribution in [0.25, 0.3) is 11.3 Å². The Morgan fingerprint density at radius 1 is 1.11 bits per heavy atom. The van der Waals surface area contributed by atoms with Gasteiger partial charge in [0.15, 0.2) is 5.13 Å². The fraction of sp³-hybridized carbons (Fsp3) is 0.370. The molecule has 36 heavy (non-hydrogen) atoms. The normalized spacial score (nSPS) is 19.6. The maximum absolute atomic E-state index is 13.9. The molecule has 1 heterocycles. The second-order valence-electron chi connectivity index (χ2n) is 9.42. The molecule has 190 valence electrons. The first-order valence-corrected chi connectivity index (χ1v) is 14.6. The first-order chi connectivity index (χ1) is 17.4. The number of hydrogen-bond acceptors (Lipinski definition) is 6. The lowest BCUT2D eigenvalue weighted by atomic mass is 9.86. The number of hydrogen-bond donors (Lipinski definition) is 2. The topological polar surface area (TPSA) is 80.3 Å².